The van der Waals surface area contributed by atoms with Crippen molar-refractivity contribution >= 4 is 34.9 Å². The minimum atomic E-state index is -0.657. The molecule has 0 bridgehead atoms. The number of ether oxygens (including phenoxy) is 1. The summed E-state index contributed by atoms with van der Waals surface area (Å²) >= 11 is 12.4. The number of pyridine rings is 1. The van der Waals surface area contributed by atoms with Crippen LogP contribution in [0.3, 0.4) is 0 Å². The van der Waals surface area contributed by atoms with Crippen LogP contribution in [-0.4, -0.2) is 50.4 Å². The molecule has 3 aromatic rings. The Balaban J connectivity index is 1.31. The molecule has 1 aliphatic rings. The van der Waals surface area contributed by atoms with Crippen LogP contribution >= 0.6 is 23.2 Å². The molecule has 1 fully saturated rings. The summed E-state index contributed by atoms with van der Waals surface area (Å²) in [4.78, 5) is 17.8. The first-order chi connectivity index (χ1) is 19.3. The topological polar surface area (TPSA) is 119 Å². The quantitative estimate of drug-likeness (QED) is 0.0990. The van der Waals surface area contributed by atoms with E-state index in [1.807, 2.05) is 17.1 Å². The maximum atomic E-state index is 14.0. The summed E-state index contributed by atoms with van der Waals surface area (Å²) in [6.07, 6.45) is 11.2. The van der Waals surface area contributed by atoms with Gasteiger partial charge >= 0.3 is 0 Å². The number of piperidine rings is 1. The number of amides is 1. The Kier molecular flexibility index (Phi) is 10.6. The molecule has 40 heavy (non-hydrogen) atoms. The second kappa shape index (κ2) is 14.1. The van der Waals surface area contributed by atoms with Crippen LogP contribution in [0.25, 0.3) is 11.1 Å². The number of hydroxylamine groups is 1. The van der Waals surface area contributed by atoms with Gasteiger partial charge in [-0.15, -0.1) is 0 Å². The van der Waals surface area contributed by atoms with Gasteiger partial charge in [-0.3, -0.25) is 14.7 Å². The van der Waals surface area contributed by atoms with Gasteiger partial charge < -0.3 is 15.4 Å². The zero-order chi connectivity index (χ0) is 28.6. The molecule has 0 aliphatic carbocycles. The van der Waals surface area contributed by atoms with E-state index in [9.17, 15) is 9.18 Å². The molecule has 0 radical (unpaired) electrons. The second-order valence-electron chi connectivity index (χ2n) is 10.1. The Labute approximate surface area is 243 Å². The number of nitrogens with one attached hydrogen (secondary N) is 1. The van der Waals surface area contributed by atoms with E-state index in [0.29, 0.717) is 28.8 Å². The van der Waals surface area contributed by atoms with Crippen LogP contribution in [0.5, 0.6) is 5.75 Å². The summed E-state index contributed by atoms with van der Waals surface area (Å²) in [6.45, 7) is 4.80. The molecule has 4 N–H and O–H groups in total. The van der Waals surface area contributed by atoms with Crippen LogP contribution in [0.15, 0.2) is 36.8 Å². The van der Waals surface area contributed by atoms with Crippen LogP contribution in [0.2, 0.25) is 10.0 Å². The van der Waals surface area contributed by atoms with Crippen molar-refractivity contribution in [2.75, 3.05) is 25.4 Å². The Bertz CT molecular complexity index is 1300. The van der Waals surface area contributed by atoms with E-state index in [-0.39, 0.29) is 16.7 Å². The van der Waals surface area contributed by atoms with Crippen molar-refractivity contribution in [3.05, 3.63) is 58.2 Å². The van der Waals surface area contributed by atoms with E-state index >= 15 is 0 Å². The smallest absolute Gasteiger partial charge is 0.243 e. The molecule has 1 aliphatic heterocycles. The minimum absolute atomic E-state index is 0.0836. The number of carbonyl (C=O) groups is 1. The molecule has 1 atom stereocenters. The first-order valence-electron chi connectivity index (χ1n) is 13.5. The van der Waals surface area contributed by atoms with Crippen LogP contribution in [0.1, 0.15) is 69.6 Å². The van der Waals surface area contributed by atoms with Gasteiger partial charge in [0, 0.05) is 53.6 Å². The van der Waals surface area contributed by atoms with E-state index in [1.165, 1.54) is 12.1 Å². The van der Waals surface area contributed by atoms with Crippen molar-refractivity contribution in [1.29, 1.82) is 0 Å². The maximum absolute atomic E-state index is 14.0. The normalized spacial score (nSPS) is 15.2. The third-order valence-electron chi connectivity index (χ3n) is 7.29. The Hall–Kier alpha value is -2.92. The van der Waals surface area contributed by atoms with Gasteiger partial charge in [-0.2, -0.15) is 5.10 Å². The van der Waals surface area contributed by atoms with E-state index in [0.717, 1.165) is 69.3 Å². The van der Waals surface area contributed by atoms with Gasteiger partial charge in [-0.25, -0.2) is 14.9 Å². The largest absolute Gasteiger partial charge is 0.482 e. The molecule has 12 heteroatoms. The highest BCUT2D eigenvalue weighted by Crippen LogP contribution is 2.37. The summed E-state index contributed by atoms with van der Waals surface area (Å²) in [6, 6.07) is 4.77. The highest BCUT2D eigenvalue weighted by Gasteiger charge is 2.22. The highest BCUT2D eigenvalue weighted by atomic mass is 35.5. The van der Waals surface area contributed by atoms with E-state index in [2.05, 4.69) is 15.0 Å². The van der Waals surface area contributed by atoms with Gasteiger partial charge in [0.05, 0.1) is 17.3 Å². The molecule has 3 heterocycles. The van der Waals surface area contributed by atoms with Crippen LogP contribution in [0.4, 0.5) is 10.2 Å². The van der Waals surface area contributed by atoms with Crippen molar-refractivity contribution < 1.29 is 19.1 Å². The number of nitrogens with two attached hydrogens (primary N) is 1. The molecular formula is C28H35Cl2FN6O3. The predicted molar refractivity (Wildman–Crippen MR) is 153 cm³/mol. The standard InChI is InChI=1S/C28H35Cl2FN6O3/c1-18(26-22(29)7-8-23(31)27(26)30)40-24-14-19(15-33-28(24)32)20-16-34-37(17-20)21-9-12-36(13-10-21)11-5-3-2-4-6-25(38)35-39/h7-8,14-18,21,39H,2-6,9-13H2,1H3,(H2,32,33)(H,35,38). The number of rotatable bonds is 12. The van der Waals surface area contributed by atoms with Gasteiger partial charge in [0.2, 0.25) is 5.91 Å². The van der Waals surface area contributed by atoms with Crippen LogP contribution in [0, 0.1) is 5.82 Å². The molecular weight excluding hydrogens is 558 g/mol. The number of nitrogens with zero attached hydrogens (tertiary/aromatic N) is 4. The van der Waals surface area contributed by atoms with E-state index in [4.69, 9.17) is 38.9 Å². The van der Waals surface area contributed by atoms with Gasteiger partial charge in [0.15, 0.2) is 11.6 Å². The van der Waals surface area contributed by atoms with E-state index < -0.39 is 11.9 Å². The van der Waals surface area contributed by atoms with Crippen LogP contribution < -0.4 is 16.0 Å². The third kappa shape index (κ3) is 7.63. The third-order valence-corrected chi connectivity index (χ3v) is 8.00. The lowest BCUT2D eigenvalue weighted by Crippen LogP contribution is -2.35. The molecule has 9 nitrogen and oxygen atoms in total. The van der Waals surface area contributed by atoms with Crippen molar-refractivity contribution in [2.24, 2.45) is 0 Å². The zero-order valence-electron chi connectivity index (χ0n) is 22.5. The lowest BCUT2D eigenvalue weighted by atomic mass is 10.0. The number of hydrogen-bond donors (Lipinski definition) is 3. The SMILES string of the molecule is CC(Oc1cc(-c2cnn(C3CCN(CCCCCCC(=O)NO)CC3)c2)cnc1N)c1c(Cl)ccc(F)c1Cl. The number of nitrogen functional groups attached to an aromatic ring is 1. The number of halogens is 3. The lowest BCUT2D eigenvalue weighted by Gasteiger charge is -2.32. The number of unbranched alkanes of at least 4 members (excludes halogenated alkanes) is 3. The van der Waals surface area contributed by atoms with Gasteiger partial charge in [-0.05, 0) is 57.4 Å². The van der Waals surface area contributed by atoms with E-state index in [1.54, 1.807) is 24.7 Å². The van der Waals surface area contributed by atoms with Gasteiger partial charge in [0.1, 0.15) is 11.9 Å². The van der Waals surface area contributed by atoms with Crippen molar-refractivity contribution in [3.8, 4) is 16.9 Å². The van der Waals surface area contributed by atoms with Crippen molar-refractivity contribution in [2.45, 2.75) is 64.0 Å². The minimum Gasteiger partial charge on any atom is -0.482 e. The molecule has 0 saturated carbocycles. The molecule has 1 amide bonds. The monoisotopic (exact) mass is 592 g/mol. The molecule has 0 spiro atoms. The fourth-order valence-corrected chi connectivity index (χ4v) is 5.67. The molecule has 1 saturated heterocycles. The fourth-order valence-electron chi connectivity index (χ4n) is 5.00. The summed E-state index contributed by atoms with van der Waals surface area (Å²) in [5, 5.41) is 13.4. The molecule has 2 aromatic heterocycles. The van der Waals surface area contributed by atoms with Gasteiger partial charge in [0.25, 0.3) is 0 Å². The Morgan fingerprint density at radius 2 is 1.95 bits per heavy atom. The Morgan fingerprint density at radius 1 is 1.20 bits per heavy atom. The summed E-state index contributed by atoms with van der Waals surface area (Å²) in [7, 11) is 0. The number of anilines is 1. The Morgan fingerprint density at radius 3 is 2.70 bits per heavy atom. The summed E-state index contributed by atoms with van der Waals surface area (Å²) < 4.78 is 22.1. The number of aromatic nitrogens is 3. The van der Waals surface area contributed by atoms with Gasteiger partial charge in [-0.1, -0.05) is 36.0 Å². The molecule has 216 valence electrons. The number of carbonyl (C=O) groups excluding carboxylic acids is 1. The van der Waals surface area contributed by atoms with Crippen molar-refractivity contribution in [1.82, 2.24) is 25.1 Å². The molecule has 1 unspecified atom stereocenters. The number of hydrogen-bond acceptors (Lipinski definition) is 7. The fraction of sp³-hybridized carbons (Fsp3) is 0.464. The highest BCUT2D eigenvalue weighted by molar-refractivity contribution is 6.36. The second-order valence-corrected chi connectivity index (χ2v) is 10.9. The first-order valence-corrected chi connectivity index (χ1v) is 14.3. The number of benzene rings is 1. The lowest BCUT2D eigenvalue weighted by molar-refractivity contribution is -0.129. The number of likely N-dealkylation sites (tertiary alicyclic amines) is 1. The predicted octanol–water partition coefficient (Wildman–Crippen LogP) is 6.21. The zero-order valence-corrected chi connectivity index (χ0v) is 24.0. The first kappa shape index (κ1) is 30.0. The molecule has 4 rings (SSSR count). The average Bonchev–Trinajstić information content (AvgIpc) is 3.44. The van der Waals surface area contributed by atoms with Crippen LogP contribution in [-0.2, 0) is 4.79 Å². The van der Waals surface area contributed by atoms with Crippen molar-refractivity contribution in [3.63, 3.8) is 0 Å². The maximum Gasteiger partial charge on any atom is 0.243 e. The average molecular weight is 594 g/mol. The molecule has 1 aromatic carbocycles. The summed E-state index contributed by atoms with van der Waals surface area (Å²) in [5.74, 6) is -0.345. The summed E-state index contributed by atoms with van der Waals surface area (Å²) in [5.41, 5.74) is 9.79.